The van der Waals surface area contributed by atoms with Crippen molar-refractivity contribution in [2.75, 3.05) is 14.2 Å². The molecule has 0 radical (unpaired) electrons. The van der Waals surface area contributed by atoms with Crippen molar-refractivity contribution < 1.29 is 4.74 Å². The van der Waals surface area contributed by atoms with Gasteiger partial charge in [-0.3, -0.25) is 0 Å². The number of ether oxygens (including phenoxy) is 1. The lowest BCUT2D eigenvalue weighted by atomic mass is 9.82. The van der Waals surface area contributed by atoms with E-state index < -0.39 is 0 Å². The fraction of sp³-hybridized carbons (Fsp3) is 0.667. The fourth-order valence-electron chi connectivity index (χ4n) is 3.56. The number of methoxy groups -OCH3 is 1. The Morgan fingerprint density at radius 3 is 2.33 bits per heavy atom. The van der Waals surface area contributed by atoms with E-state index in [0.717, 1.165) is 5.75 Å². The molecule has 21 heavy (non-hydrogen) atoms. The summed E-state index contributed by atoms with van der Waals surface area (Å²) in [5, 5.41) is 3.56. The second-order valence-corrected chi connectivity index (χ2v) is 7.07. The molecule has 1 saturated carbocycles. The second-order valence-electron chi connectivity index (χ2n) is 6.21. The number of aryl methyl sites for hydroxylation is 1. The molecule has 0 bridgehead atoms. The molecule has 118 valence electrons. The Morgan fingerprint density at radius 2 is 1.76 bits per heavy atom. The van der Waals surface area contributed by atoms with Gasteiger partial charge in [0.2, 0.25) is 0 Å². The van der Waals surface area contributed by atoms with Crippen molar-refractivity contribution in [2.45, 2.75) is 57.9 Å². The summed E-state index contributed by atoms with van der Waals surface area (Å²) in [5.41, 5.74) is 2.52. The van der Waals surface area contributed by atoms with E-state index in [2.05, 4.69) is 47.4 Å². The van der Waals surface area contributed by atoms with Crippen molar-refractivity contribution in [2.24, 2.45) is 5.92 Å². The van der Waals surface area contributed by atoms with Gasteiger partial charge in [-0.25, -0.2) is 0 Å². The Balaban J connectivity index is 2.28. The summed E-state index contributed by atoms with van der Waals surface area (Å²) in [7, 11) is 3.85. The first-order valence-electron chi connectivity index (χ1n) is 8.18. The van der Waals surface area contributed by atoms with Crippen molar-refractivity contribution in [1.82, 2.24) is 5.32 Å². The van der Waals surface area contributed by atoms with Crippen molar-refractivity contribution in [3.63, 3.8) is 0 Å². The van der Waals surface area contributed by atoms with E-state index in [0.29, 0.717) is 12.0 Å². The molecule has 0 aliphatic heterocycles. The Morgan fingerprint density at radius 1 is 1.14 bits per heavy atom. The molecule has 2 nitrogen and oxygen atoms in total. The maximum atomic E-state index is 5.65. The number of halogens is 1. The van der Waals surface area contributed by atoms with Gasteiger partial charge in [0.05, 0.1) is 7.11 Å². The second kappa shape index (κ2) is 8.19. The lowest BCUT2D eigenvalue weighted by molar-refractivity contribution is 0.291. The van der Waals surface area contributed by atoms with Gasteiger partial charge in [0.15, 0.2) is 0 Å². The molecule has 1 aliphatic rings. The first-order valence-corrected chi connectivity index (χ1v) is 8.98. The monoisotopic (exact) mass is 353 g/mol. The van der Waals surface area contributed by atoms with E-state index in [1.807, 2.05) is 0 Å². The van der Waals surface area contributed by atoms with Crippen LogP contribution in [0.2, 0.25) is 0 Å². The van der Waals surface area contributed by atoms with Crippen LogP contribution in [0.25, 0.3) is 0 Å². The molecule has 1 atom stereocenters. The molecule has 0 heterocycles. The number of hydrogen-bond donors (Lipinski definition) is 1. The molecule has 1 aliphatic carbocycles. The van der Waals surface area contributed by atoms with E-state index in [-0.39, 0.29) is 0 Å². The summed E-state index contributed by atoms with van der Waals surface area (Å²) in [6.07, 6.45) is 9.55. The molecule has 0 aromatic heterocycles. The van der Waals surface area contributed by atoms with Crippen molar-refractivity contribution in [3.8, 4) is 5.75 Å². The minimum atomic E-state index is 0.384. The van der Waals surface area contributed by atoms with Crippen molar-refractivity contribution in [3.05, 3.63) is 27.7 Å². The topological polar surface area (TPSA) is 21.3 Å². The number of hydrogen-bond acceptors (Lipinski definition) is 2. The van der Waals surface area contributed by atoms with Crippen LogP contribution in [-0.4, -0.2) is 14.2 Å². The van der Waals surface area contributed by atoms with Gasteiger partial charge in [-0.1, -0.05) is 48.0 Å². The normalized spacial score (nSPS) is 18.9. The average Bonchev–Trinajstić information content (AvgIpc) is 2.44. The lowest BCUT2D eigenvalue weighted by Gasteiger charge is -2.30. The molecule has 0 spiro atoms. The molecular formula is C18H28BrNO. The third kappa shape index (κ3) is 4.23. The highest BCUT2D eigenvalue weighted by Crippen LogP contribution is 2.38. The minimum absolute atomic E-state index is 0.384. The van der Waals surface area contributed by atoms with Crippen LogP contribution >= 0.6 is 15.9 Å². The summed E-state index contributed by atoms with van der Waals surface area (Å²) in [6, 6.07) is 4.77. The minimum Gasteiger partial charge on any atom is -0.496 e. The van der Waals surface area contributed by atoms with Crippen molar-refractivity contribution >= 4 is 15.9 Å². The van der Waals surface area contributed by atoms with Crippen LogP contribution in [0, 0.1) is 12.8 Å². The fourth-order valence-corrected chi connectivity index (χ4v) is 3.92. The first-order chi connectivity index (χ1) is 10.2. The molecule has 0 amide bonds. The standard InChI is InChI=1S/C18H28BrNO/c1-13-11-17(21-3)15(12-16(13)19)18(20-2)14-9-7-5-4-6-8-10-14/h11-12,14,18,20H,4-10H2,1-3H3. The summed E-state index contributed by atoms with van der Waals surface area (Å²) in [5.74, 6) is 1.72. The summed E-state index contributed by atoms with van der Waals surface area (Å²) < 4.78 is 6.82. The number of rotatable bonds is 4. The molecule has 1 aromatic carbocycles. The Bertz CT molecular complexity index is 453. The highest BCUT2D eigenvalue weighted by molar-refractivity contribution is 9.10. The van der Waals surface area contributed by atoms with Crippen LogP contribution in [0.1, 0.15) is 62.1 Å². The number of nitrogens with one attached hydrogen (secondary N) is 1. The molecular weight excluding hydrogens is 326 g/mol. The van der Waals surface area contributed by atoms with Gasteiger partial charge in [-0.05, 0) is 50.4 Å². The molecule has 1 unspecified atom stereocenters. The van der Waals surface area contributed by atoms with Gasteiger partial charge in [0.1, 0.15) is 5.75 Å². The highest BCUT2D eigenvalue weighted by atomic mass is 79.9. The number of benzene rings is 1. The van der Waals surface area contributed by atoms with E-state index in [1.54, 1.807) is 7.11 Å². The summed E-state index contributed by atoms with van der Waals surface area (Å²) >= 11 is 3.68. The van der Waals surface area contributed by atoms with Crippen LogP contribution < -0.4 is 10.1 Å². The Labute approximate surface area is 137 Å². The molecule has 1 N–H and O–H groups in total. The molecule has 2 rings (SSSR count). The quantitative estimate of drug-likeness (QED) is 0.783. The predicted molar refractivity (Wildman–Crippen MR) is 93.0 cm³/mol. The van der Waals surface area contributed by atoms with Crippen LogP contribution in [-0.2, 0) is 0 Å². The van der Waals surface area contributed by atoms with Crippen molar-refractivity contribution in [1.29, 1.82) is 0 Å². The molecule has 0 saturated heterocycles. The Hall–Kier alpha value is -0.540. The zero-order valence-electron chi connectivity index (χ0n) is 13.5. The van der Waals surface area contributed by atoms with Crippen LogP contribution in [0.3, 0.4) is 0 Å². The summed E-state index contributed by atoms with van der Waals surface area (Å²) in [4.78, 5) is 0. The smallest absolute Gasteiger partial charge is 0.123 e. The predicted octanol–water partition coefficient (Wildman–Crippen LogP) is 5.39. The SMILES string of the molecule is CNC(c1cc(Br)c(C)cc1OC)C1CCCCCCC1. The molecule has 1 fully saturated rings. The Kier molecular flexibility index (Phi) is 6.56. The summed E-state index contributed by atoms with van der Waals surface area (Å²) in [6.45, 7) is 2.11. The van der Waals surface area contributed by atoms with Crippen LogP contribution in [0.4, 0.5) is 0 Å². The molecule has 1 aromatic rings. The third-order valence-electron chi connectivity index (χ3n) is 4.78. The van der Waals surface area contributed by atoms with Crippen LogP contribution in [0.5, 0.6) is 5.75 Å². The van der Waals surface area contributed by atoms with E-state index in [4.69, 9.17) is 4.74 Å². The first kappa shape index (κ1) is 16.8. The van der Waals surface area contributed by atoms with E-state index >= 15 is 0 Å². The van der Waals surface area contributed by atoms with Gasteiger partial charge in [0.25, 0.3) is 0 Å². The zero-order chi connectivity index (χ0) is 15.2. The van der Waals surface area contributed by atoms with Gasteiger partial charge in [0, 0.05) is 16.1 Å². The van der Waals surface area contributed by atoms with Crippen LogP contribution in [0.15, 0.2) is 16.6 Å². The largest absolute Gasteiger partial charge is 0.496 e. The maximum absolute atomic E-state index is 5.65. The third-order valence-corrected chi connectivity index (χ3v) is 5.63. The average molecular weight is 354 g/mol. The highest BCUT2D eigenvalue weighted by Gasteiger charge is 2.25. The van der Waals surface area contributed by atoms with Gasteiger partial charge >= 0.3 is 0 Å². The van der Waals surface area contributed by atoms with E-state index in [1.165, 1.54) is 60.5 Å². The lowest BCUT2D eigenvalue weighted by Crippen LogP contribution is -2.26. The van der Waals surface area contributed by atoms with Gasteiger partial charge in [-0.2, -0.15) is 0 Å². The zero-order valence-corrected chi connectivity index (χ0v) is 15.1. The van der Waals surface area contributed by atoms with Gasteiger partial charge < -0.3 is 10.1 Å². The maximum Gasteiger partial charge on any atom is 0.123 e. The molecule has 3 heteroatoms. The van der Waals surface area contributed by atoms with Gasteiger partial charge in [-0.15, -0.1) is 0 Å². The van der Waals surface area contributed by atoms with E-state index in [9.17, 15) is 0 Å².